The van der Waals surface area contributed by atoms with E-state index >= 15 is 0 Å². The summed E-state index contributed by atoms with van der Waals surface area (Å²) in [6, 6.07) is 10.2. The molecule has 7 nitrogen and oxygen atoms in total. The van der Waals surface area contributed by atoms with Gasteiger partial charge in [0.1, 0.15) is 0 Å². The predicted octanol–water partition coefficient (Wildman–Crippen LogP) is 6.77. The van der Waals surface area contributed by atoms with Crippen LogP contribution in [0.2, 0.25) is 5.02 Å². The smallest absolute Gasteiger partial charge is 0.337 e. The van der Waals surface area contributed by atoms with Gasteiger partial charge in [0.05, 0.1) is 21.8 Å². The molecule has 5 rings (SSSR count). The van der Waals surface area contributed by atoms with Gasteiger partial charge in [0, 0.05) is 42.1 Å². The van der Waals surface area contributed by atoms with Gasteiger partial charge in [-0.3, -0.25) is 0 Å². The summed E-state index contributed by atoms with van der Waals surface area (Å²) in [5.41, 5.74) is 6.17. The number of benzene rings is 2. The maximum absolute atomic E-state index is 12.8. The number of aliphatic carboxylic acids is 1. The molecule has 0 unspecified atom stereocenters. The fraction of sp³-hybridized carbons (Fsp3) is 0.345. The quantitative estimate of drug-likeness (QED) is 0.314. The van der Waals surface area contributed by atoms with E-state index in [1.54, 1.807) is 12.4 Å². The maximum Gasteiger partial charge on any atom is 0.337 e. The first-order valence-corrected chi connectivity index (χ1v) is 12.7. The van der Waals surface area contributed by atoms with Gasteiger partial charge in [0.15, 0.2) is 6.10 Å². The van der Waals surface area contributed by atoms with Crippen LogP contribution in [0.5, 0.6) is 0 Å². The summed E-state index contributed by atoms with van der Waals surface area (Å²) >= 11 is 7.28. The van der Waals surface area contributed by atoms with Crippen LogP contribution in [0, 0.1) is 20.8 Å². The lowest BCUT2D eigenvalue weighted by atomic mass is 9.90. The van der Waals surface area contributed by atoms with E-state index in [2.05, 4.69) is 27.5 Å². The Labute approximate surface area is 221 Å². The number of carboxylic acids is 1. The number of rotatable bonds is 5. The van der Waals surface area contributed by atoms with E-state index in [4.69, 9.17) is 16.3 Å². The van der Waals surface area contributed by atoms with E-state index in [0.717, 1.165) is 45.4 Å². The Bertz CT molecular complexity index is 1500. The first kappa shape index (κ1) is 25.2. The molecule has 0 amide bonds. The molecule has 0 saturated heterocycles. The number of aryl methyl sites for hydroxylation is 3. The van der Waals surface area contributed by atoms with E-state index in [1.807, 2.05) is 63.8 Å². The summed E-state index contributed by atoms with van der Waals surface area (Å²) in [4.78, 5) is 23.9. The molecule has 0 spiro atoms. The third-order valence-electron chi connectivity index (χ3n) is 6.64. The molecule has 1 atom stereocenters. The molecule has 0 fully saturated rings. The molecule has 0 saturated carbocycles. The van der Waals surface area contributed by atoms with E-state index in [9.17, 15) is 9.90 Å². The largest absolute Gasteiger partial charge is 0.479 e. The van der Waals surface area contributed by atoms with Crippen molar-refractivity contribution >= 4 is 40.1 Å². The summed E-state index contributed by atoms with van der Waals surface area (Å²) in [7, 11) is 0. The van der Waals surface area contributed by atoms with Gasteiger partial charge in [-0.05, 0) is 64.3 Å². The maximum atomic E-state index is 12.8. The monoisotopic (exact) mass is 518 g/mol. The number of hydrogen-bond donors (Lipinski definition) is 1. The summed E-state index contributed by atoms with van der Waals surface area (Å²) in [5.74, 6) is -0.571. The van der Waals surface area contributed by atoms with Gasteiger partial charge in [-0.1, -0.05) is 41.4 Å². The number of halogens is 1. The average molecular weight is 519 g/mol. The van der Waals surface area contributed by atoms with Crippen LogP contribution >= 0.6 is 11.6 Å². The molecule has 2 aromatic heterocycles. The molecule has 192 valence electrons. The molecule has 0 bridgehead atoms. The van der Waals surface area contributed by atoms with Crippen molar-refractivity contribution in [2.45, 2.75) is 59.8 Å². The number of hydrogen-bond acceptors (Lipinski definition) is 5. The normalized spacial score (nSPS) is 14.3. The molecule has 1 aliphatic rings. The molecule has 37 heavy (non-hydrogen) atoms. The lowest BCUT2D eigenvalue weighted by Crippen LogP contribution is -2.31. The lowest BCUT2D eigenvalue weighted by molar-refractivity contribution is -0.160. The van der Waals surface area contributed by atoms with E-state index in [-0.39, 0.29) is 0 Å². The van der Waals surface area contributed by atoms with E-state index < -0.39 is 17.7 Å². The SMILES string of the molecule is Cc1ccc(-c2c([C@H](OC(C)(C)C)C(=O)O)c(Cl)c3c4c2cc(C)n4CCN3c2ncc(C)cn2)cc1. The van der Waals surface area contributed by atoms with Crippen LogP contribution in [0.15, 0.2) is 42.7 Å². The fourth-order valence-corrected chi connectivity index (χ4v) is 5.43. The highest BCUT2D eigenvalue weighted by Crippen LogP contribution is 2.51. The summed E-state index contributed by atoms with van der Waals surface area (Å²) < 4.78 is 8.41. The molecule has 0 aliphatic carbocycles. The van der Waals surface area contributed by atoms with Crippen molar-refractivity contribution < 1.29 is 14.6 Å². The highest BCUT2D eigenvalue weighted by atomic mass is 35.5. The first-order chi connectivity index (χ1) is 17.5. The summed E-state index contributed by atoms with van der Waals surface area (Å²) in [6.07, 6.45) is 2.27. The predicted molar refractivity (Wildman–Crippen MR) is 147 cm³/mol. The standard InChI is InChI=1S/C29H31ClN4O3/c1-16-7-9-19(10-8-16)21-20-13-18(3)33-11-12-34(28-31-14-17(2)15-32-28)25(24(20)33)23(30)22(21)26(27(35)36)37-29(4,5)6/h7-10,13-15,26H,11-12H2,1-6H3,(H,35,36)/t26-/m0/s1. The third kappa shape index (κ3) is 4.47. The van der Waals surface area contributed by atoms with Crippen LogP contribution in [0.1, 0.15) is 49.3 Å². The van der Waals surface area contributed by atoms with Gasteiger partial charge < -0.3 is 19.3 Å². The van der Waals surface area contributed by atoms with Crippen molar-refractivity contribution in [3.05, 3.63) is 70.1 Å². The second kappa shape index (κ2) is 9.15. The van der Waals surface area contributed by atoms with Crippen LogP contribution in [0.25, 0.3) is 22.0 Å². The van der Waals surface area contributed by atoms with Crippen molar-refractivity contribution in [2.75, 3.05) is 11.4 Å². The molecular formula is C29H31ClN4O3. The zero-order valence-electron chi connectivity index (χ0n) is 22.0. The topological polar surface area (TPSA) is 80.5 Å². The van der Waals surface area contributed by atoms with Gasteiger partial charge in [-0.15, -0.1) is 0 Å². The highest BCUT2D eigenvalue weighted by Gasteiger charge is 2.37. The first-order valence-electron chi connectivity index (χ1n) is 12.4. The molecule has 2 aromatic carbocycles. The molecule has 4 aromatic rings. The van der Waals surface area contributed by atoms with E-state index in [0.29, 0.717) is 28.8 Å². The Morgan fingerprint density at radius 2 is 1.70 bits per heavy atom. The molecule has 3 heterocycles. The van der Waals surface area contributed by atoms with Crippen LogP contribution < -0.4 is 4.90 Å². The van der Waals surface area contributed by atoms with E-state index in [1.165, 1.54) is 0 Å². The zero-order valence-corrected chi connectivity index (χ0v) is 22.7. The van der Waals surface area contributed by atoms with Crippen molar-refractivity contribution in [1.29, 1.82) is 0 Å². The van der Waals surface area contributed by atoms with Crippen molar-refractivity contribution in [2.24, 2.45) is 0 Å². The molecular weight excluding hydrogens is 488 g/mol. The van der Waals surface area contributed by atoms with Gasteiger partial charge in [-0.25, -0.2) is 14.8 Å². The Kier molecular flexibility index (Phi) is 6.24. The average Bonchev–Trinajstić information content (AvgIpc) is 3.17. The second-order valence-electron chi connectivity index (χ2n) is 10.7. The van der Waals surface area contributed by atoms with Gasteiger partial charge in [-0.2, -0.15) is 0 Å². The van der Waals surface area contributed by atoms with Crippen molar-refractivity contribution in [1.82, 2.24) is 14.5 Å². The number of aromatic nitrogens is 3. The summed E-state index contributed by atoms with van der Waals surface area (Å²) in [5, 5.41) is 11.7. The Morgan fingerprint density at radius 3 is 2.30 bits per heavy atom. The van der Waals surface area contributed by atoms with Crippen LogP contribution in [0.3, 0.4) is 0 Å². The molecule has 8 heteroatoms. The van der Waals surface area contributed by atoms with Gasteiger partial charge in [0.2, 0.25) is 5.95 Å². The second-order valence-corrected chi connectivity index (χ2v) is 11.1. The minimum absolute atomic E-state index is 0.336. The zero-order chi connectivity index (χ0) is 26.6. The minimum atomic E-state index is -1.28. The lowest BCUT2D eigenvalue weighted by Gasteiger charge is -2.34. The third-order valence-corrected chi connectivity index (χ3v) is 7.02. The number of carboxylic acid groups (broad SMARTS) is 1. The van der Waals surface area contributed by atoms with Crippen LogP contribution in [0.4, 0.5) is 11.6 Å². The number of ether oxygens (including phenoxy) is 1. The number of anilines is 2. The van der Waals surface area contributed by atoms with Crippen molar-refractivity contribution in [3.63, 3.8) is 0 Å². The highest BCUT2D eigenvalue weighted by molar-refractivity contribution is 6.37. The van der Waals surface area contributed by atoms with Gasteiger partial charge >= 0.3 is 5.97 Å². The fourth-order valence-electron chi connectivity index (χ4n) is 5.04. The molecule has 1 N–H and O–H groups in total. The summed E-state index contributed by atoms with van der Waals surface area (Å²) in [6.45, 7) is 12.9. The van der Waals surface area contributed by atoms with Gasteiger partial charge in [0.25, 0.3) is 0 Å². The minimum Gasteiger partial charge on any atom is -0.479 e. The van der Waals surface area contributed by atoms with Crippen molar-refractivity contribution in [3.8, 4) is 11.1 Å². The number of carbonyl (C=O) groups is 1. The number of nitrogens with zero attached hydrogens (tertiary/aromatic N) is 4. The molecule has 1 aliphatic heterocycles. The van der Waals surface area contributed by atoms with Crippen LogP contribution in [-0.4, -0.2) is 37.8 Å². The van der Waals surface area contributed by atoms with Crippen LogP contribution in [-0.2, 0) is 16.1 Å². The molecule has 0 radical (unpaired) electrons. The Morgan fingerprint density at radius 1 is 1.05 bits per heavy atom. The Hall–Kier alpha value is -3.42. The Balaban J connectivity index is 1.90.